The van der Waals surface area contributed by atoms with Gasteiger partial charge in [-0.2, -0.15) is 0 Å². The molecule has 1 aromatic heterocycles. The Morgan fingerprint density at radius 2 is 1.83 bits per heavy atom. The van der Waals surface area contributed by atoms with Gasteiger partial charge in [0.2, 0.25) is 5.60 Å². The van der Waals surface area contributed by atoms with Crippen molar-refractivity contribution in [2.75, 3.05) is 7.11 Å². The van der Waals surface area contributed by atoms with Crippen LogP contribution in [0.15, 0.2) is 46.7 Å². The number of aliphatic imine (C=N–C) groups is 1. The van der Waals surface area contributed by atoms with E-state index >= 15 is 0 Å². The summed E-state index contributed by atoms with van der Waals surface area (Å²) in [4.78, 5) is 43.1. The number of methoxy groups -OCH3 is 1. The molecule has 0 spiro atoms. The summed E-state index contributed by atoms with van der Waals surface area (Å²) < 4.78 is 50.6. The maximum absolute atomic E-state index is 14.1. The molecular weight excluding hydrogens is 567 g/mol. The lowest BCUT2D eigenvalue weighted by atomic mass is 9.66. The predicted octanol–water partition coefficient (Wildman–Crippen LogP) is 4.88. The Bertz CT molecular complexity index is 1530. The number of aromatic nitrogens is 1. The normalized spacial score (nSPS) is 25.9. The van der Waals surface area contributed by atoms with Gasteiger partial charge in [0.1, 0.15) is 23.4 Å². The number of carbonyl (C=O) groups excluding carboxylic acids is 2. The van der Waals surface area contributed by atoms with Gasteiger partial charge in [0.25, 0.3) is 0 Å². The zero-order chi connectivity index (χ0) is 30.5. The summed E-state index contributed by atoms with van der Waals surface area (Å²) in [6.45, 7) is 6.97. The van der Waals surface area contributed by atoms with Crippen LogP contribution in [0.5, 0.6) is 0 Å². The molecule has 13 heteroatoms. The number of rotatable bonds is 4. The number of hydrogen-bond acceptors (Lipinski definition) is 8. The predicted molar refractivity (Wildman–Crippen MR) is 140 cm³/mol. The molecule has 2 aromatic rings. The zero-order valence-corrected chi connectivity index (χ0v) is 23.5. The average Bonchev–Trinajstić information content (AvgIpc) is 3.19. The maximum Gasteiger partial charge on any atom is 0.348 e. The van der Waals surface area contributed by atoms with Crippen LogP contribution in [0.2, 0.25) is 5.02 Å². The van der Waals surface area contributed by atoms with E-state index in [-0.39, 0.29) is 28.1 Å². The molecule has 1 unspecified atom stereocenters. The molecule has 218 valence electrons. The molecule has 0 amide bonds. The van der Waals surface area contributed by atoms with Crippen LogP contribution >= 0.6 is 11.6 Å². The summed E-state index contributed by atoms with van der Waals surface area (Å²) in [6.07, 6.45) is 1.88. The quantitative estimate of drug-likeness (QED) is 0.480. The number of nitrogens with one attached hydrogen (secondary N) is 1. The van der Waals surface area contributed by atoms with E-state index in [1.54, 1.807) is 27.7 Å². The smallest absolute Gasteiger partial charge is 0.348 e. The summed E-state index contributed by atoms with van der Waals surface area (Å²) in [5.74, 6) is -4.42. The van der Waals surface area contributed by atoms with E-state index in [0.29, 0.717) is 30.2 Å². The summed E-state index contributed by atoms with van der Waals surface area (Å²) in [6, 6.07) is 3.29. The highest BCUT2D eigenvalue weighted by atomic mass is 35.5. The number of allylic oxidation sites excluding steroid dienone is 1. The van der Waals surface area contributed by atoms with Crippen molar-refractivity contribution in [3.8, 4) is 0 Å². The van der Waals surface area contributed by atoms with Gasteiger partial charge in [0.05, 0.1) is 24.3 Å². The monoisotopic (exact) mass is 593 g/mol. The van der Waals surface area contributed by atoms with Crippen molar-refractivity contribution in [2.45, 2.75) is 52.2 Å². The molecule has 1 saturated heterocycles. The van der Waals surface area contributed by atoms with Crippen LogP contribution in [0, 0.1) is 28.3 Å². The van der Waals surface area contributed by atoms with Crippen molar-refractivity contribution in [3.63, 3.8) is 0 Å². The number of carboxylic acids is 1. The van der Waals surface area contributed by atoms with Crippen LogP contribution in [0.3, 0.4) is 0 Å². The van der Waals surface area contributed by atoms with Gasteiger partial charge in [-0.25, -0.2) is 27.7 Å². The summed E-state index contributed by atoms with van der Waals surface area (Å²) in [5.41, 5.74) is -2.02. The van der Waals surface area contributed by atoms with Crippen LogP contribution < -0.4 is 5.32 Å². The van der Waals surface area contributed by atoms with Crippen molar-refractivity contribution >= 4 is 35.3 Å². The van der Waals surface area contributed by atoms with Crippen molar-refractivity contribution in [2.24, 2.45) is 15.8 Å². The number of carboxylic acid groups (broad SMARTS) is 1. The first-order valence-electron chi connectivity index (χ1n) is 12.5. The molecule has 41 heavy (non-hydrogen) atoms. The lowest BCUT2D eigenvalue weighted by Crippen LogP contribution is -2.47. The molecule has 0 radical (unpaired) electrons. The molecule has 1 saturated carbocycles. The molecule has 3 heterocycles. The number of hydrogen-bond donors (Lipinski definition) is 2. The highest BCUT2D eigenvalue weighted by molar-refractivity contribution is 6.31. The third kappa shape index (κ3) is 4.73. The molecule has 2 fully saturated rings. The van der Waals surface area contributed by atoms with E-state index in [9.17, 15) is 32.7 Å². The highest BCUT2D eigenvalue weighted by Crippen LogP contribution is 2.65. The lowest BCUT2D eigenvalue weighted by Gasteiger charge is -2.32. The fraction of sp³-hybridized carbons (Fsp3) is 0.393. The molecule has 2 bridgehead atoms. The van der Waals surface area contributed by atoms with E-state index in [4.69, 9.17) is 21.1 Å². The van der Waals surface area contributed by atoms with Crippen LogP contribution in [0.1, 0.15) is 57.8 Å². The van der Waals surface area contributed by atoms with Crippen LogP contribution in [0.4, 0.5) is 13.2 Å². The number of amidine groups is 1. The Hall–Kier alpha value is -3.93. The summed E-state index contributed by atoms with van der Waals surface area (Å²) in [7, 11) is 1.20. The molecule has 1 aliphatic carbocycles. The Labute approximate surface area is 238 Å². The van der Waals surface area contributed by atoms with Gasteiger partial charge in [-0.3, -0.25) is 9.79 Å². The number of halogens is 4. The first-order valence-corrected chi connectivity index (χ1v) is 12.8. The largest absolute Gasteiger partial charge is 0.478 e. The third-order valence-electron chi connectivity index (χ3n) is 8.37. The molecule has 3 aliphatic rings. The number of esters is 2. The van der Waals surface area contributed by atoms with Gasteiger partial charge >= 0.3 is 17.9 Å². The molecule has 9 nitrogen and oxygen atoms in total. The summed E-state index contributed by atoms with van der Waals surface area (Å²) in [5, 5.41) is 12.0. The van der Waals surface area contributed by atoms with Crippen molar-refractivity contribution < 1.29 is 42.1 Å². The number of carbonyl (C=O) groups is 3. The van der Waals surface area contributed by atoms with Crippen LogP contribution in [0.25, 0.3) is 0 Å². The fourth-order valence-corrected chi connectivity index (χ4v) is 5.70. The first-order chi connectivity index (χ1) is 19.1. The van der Waals surface area contributed by atoms with E-state index in [1.807, 2.05) is 0 Å². The Kier molecular flexibility index (Phi) is 7.68. The molecular formula is C28H27ClF3N3O6. The molecule has 5 rings (SSSR count). The standard InChI is InChI=1S/C18H13ClF3N3O2.C10H14O4/c1-8-14(18(26)27-2)15(11-4-3-9(20)5-12(11)19)25-17(24-8)16-13(22)6-10(21)7-23-16;1-8(2)9(3)4-5-10(8,6(11)12)14-7(9)13/h3-7,15H,1-2H3,(H,24,25);4-5H2,1-3H3,(H,11,12)/t15-;9?,10-/m00/s1. The van der Waals surface area contributed by atoms with E-state index < -0.39 is 51.9 Å². The lowest BCUT2D eigenvalue weighted by molar-refractivity contribution is -0.178. The topological polar surface area (TPSA) is 127 Å². The van der Waals surface area contributed by atoms with E-state index in [1.165, 1.54) is 19.2 Å². The average molecular weight is 594 g/mol. The minimum atomic E-state index is -1.29. The fourth-order valence-electron chi connectivity index (χ4n) is 5.43. The van der Waals surface area contributed by atoms with Crippen molar-refractivity contribution in [1.29, 1.82) is 0 Å². The van der Waals surface area contributed by atoms with Gasteiger partial charge < -0.3 is 19.9 Å². The molecule has 2 aliphatic heterocycles. The van der Waals surface area contributed by atoms with Crippen molar-refractivity contribution in [3.05, 3.63) is 75.5 Å². The first kappa shape index (κ1) is 30.0. The third-order valence-corrected chi connectivity index (χ3v) is 8.69. The number of nitrogens with zero attached hydrogens (tertiary/aromatic N) is 2. The SMILES string of the molecule is CC12CC[C@@](C(=O)O)(OC1=O)C2(C)C.COC(=O)C1=C(C)NC(c2ncc(F)cc2F)=N[C@H]1c1ccc(F)cc1Cl. The van der Waals surface area contributed by atoms with Gasteiger partial charge in [-0.15, -0.1) is 0 Å². The van der Waals surface area contributed by atoms with E-state index in [0.717, 1.165) is 12.3 Å². The number of fused-ring (bicyclic) bond motifs is 2. The van der Waals surface area contributed by atoms with Crippen LogP contribution in [-0.2, 0) is 23.9 Å². The second-order valence-corrected chi connectivity index (χ2v) is 11.1. The highest BCUT2D eigenvalue weighted by Gasteiger charge is 2.76. The van der Waals surface area contributed by atoms with Crippen molar-refractivity contribution in [1.82, 2.24) is 10.3 Å². The second-order valence-electron chi connectivity index (χ2n) is 10.7. The Morgan fingerprint density at radius 1 is 1.15 bits per heavy atom. The van der Waals surface area contributed by atoms with Gasteiger partial charge in [0, 0.05) is 27.8 Å². The minimum absolute atomic E-state index is 0.0250. The molecule has 1 aromatic carbocycles. The molecule has 3 atom stereocenters. The Balaban J connectivity index is 0.000000231. The van der Waals surface area contributed by atoms with Gasteiger partial charge in [-0.05, 0) is 38.8 Å². The number of aliphatic carboxylic acids is 1. The van der Waals surface area contributed by atoms with Crippen LogP contribution in [-0.4, -0.2) is 46.5 Å². The minimum Gasteiger partial charge on any atom is -0.478 e. The molecule has 2 N–H and O–H groups in total. The van der Waals surface area contributed by atoms with Gasteiger partial charge in [0.15, 0.2) is 11.7 Å². The summed E-state index contributed by atoms with van der Waals surface area (Å²) >= 11 is 6.13. The zero-order valence-electron chi connectivity index (χ0n) is 22.8. The number of benzene rings is 1. The second kappa shape index (κ2) is 10.5. The number of pyridine rings is 1. The van der Waals surface area contributed by atoms with Gasteiger partial charge in [-0.1, -0.05) is 31.5 Å². The number of ether oxygens (including phenoxy) is 2. The Morgan fingerprint density at radius 3 is 2.32 bits per heavy atom. The van der Waals surface area contributed by atoms with E-state index in [2.05, 4.69) is 15.3 Å². The maximum atomic E-state index is 14.1.